The number of rotatable bonds is 3. The van der Waals surface area contributed by atoms with E-state index in [0.29, 0.717) is 5.56 Å². The minimum Gasteiger partial charge on any atom is -0.342 e. The molecule has 0 bridgehead atoms. The summed E-state index contributed by atoms with van der Waals surface area (Å²) < 4.78 is 0. The predicted octanol–water partition coefficient (Wildman–Crippen LogP) is 1.76. The van der Waals surface area contributed by atoms with E-state index < -0.39 is 4.92 Å². The van der Waals surface area contributed by atoms with Gasteiger partial charge in [0.1, 0.15) is 0 Å². The Labute approximate surface area is 99.2 Å². The number of nitrogens with zero attached hydrogens (tertiary/aromatic N) is 2. The number of amides is 1. The quantitative estimate of drug-likeness (QED) is 0.591. The molecule has 1 fully saturated rings. The summed E-state index contributed by atoms with van der Waals surface area (Å²) >= 11 is 0. The van der Waals surface area contributed by atoms with Gasteiger partial charge in [-0.05, 0) is 12.8 Å². The van der Waals surface area contributed by atoms with Crippen LogP contribution >= 0.6 is 0 Å². The van der Waals surface area contributed by atoms with Gasteiger partial charge in [0.05, 0.1) is 11.3 Å². The van der Waals surface area contributed by atoms with Gasteiger partial charge < -0.3 is 4.90 Å². The lowest BCUT2D eigenvalue weighted by Crippen LogP contribution is -2.29. The highest BCUT2D eigenvalue weighted by Gasteiger charge is 2.21. The van der Waals surface area contributed by atoms with E-state index in [1.807, 2.05) is 0 Å². The number of carbonyl (C=O) groups is 1. The molecule has 17 heavy (non-hydrogen) atoms. The highest BCUT2D eigenvalue weighted by atomic mass is 16.6. The van der Waals surface area contributed by atoms with Gasteiger partial charge >= 0.3 is 0 Å². The summed E-state index contributed by atoms with van der Waals surface area (Å²) in [5.41, 5.74) is 0.523. The Morgan fingerprint density at radius 1 is 1.29 bits per heavy atom. The summed E-state index contributed by atoms with van der Waals surface area (Å²) in [5, 5.41) is 10.8. The fourth-order valence-corrected chi connectivity index (χ4v) is 2.08. The first-order valence-electron chi connectivity index (χ1n) is 5.68. The van der Waals surface area contributed by atoms with Crippen molar-refractivity contribution < 1.29 is 9.72 Å². The van der Waals surface area contributed by atoms with E-state index in [1.54, 1.807) is 23.1 Å². The van der Waals surface area contributed by atoms with E-state index >= 15 is 0 Å². The molecule has 1 saturated heterocycles. The van der Waals surface area contributed by atoms with Crippen molar-refractivity contribution >= 4 is 11.6 Å². The van der Waals surface area contributed by atoms with E-state index in [-0.39, 0.29) is 18.0 Å². The fraction of sp³-hybridized carbons (Fsp3) is 0.417. The van der Waals surface area contributed by atoms with Crippen LogP contribution in [0.1, 0.15) is 18.4 Å². The number of likely N-dealkylation sites (tertiary alicyclic amines) is 1. The lowest BCUT2D eigenvalue weighted by atomic mass is 10.1. The van der Waals surface area contributed by atoms with Crippen LogP contribution < -0.4 is 0 Å². The molecule has 1 aromatic rings. The van der Waals surface area contributed by atoms with Crippen molar-refractivity contribution in [3.8, 4) is 0 Å². The van der Waals surface area contributed by atoms with Crippen molar-refractivity contribution in [2.45, 2.75) is 19.3 Å². The van der Waals surface area contributed by atoms with E-state index in [4.69, 9.17) is 0 Å². The van der Waals surface area contributed by atoms with Crippen molar-refractivity contribution in [3.63, 3.8) is 0 Å². The van der Waals surface area contributed by atoms with Gasteiger partial charge in [0.25, 0.3) is 5.69 Å². The Hall–Kier alpha value is -1.91. The van der Waals surface area contributed by atoms with Crippen LogP contribution in [0.15, 0.2) is 24.3 Å². The summed E-state index contributed by atoms with van der Waals surface area (Å²) in [5.74, 6) is -0.0169. The summed E-state index contributed by atoms with van der Waals surface area (Å²) in [6.45, 7) is 1.55. The molecule has 2 rings (SSSR count). The molecule has 1 heterocycles. The van der Waals surface area contributed by atoms with Gasteiger partial charge in [0, 0.05) is 24.7 Å². The molecule has 0 radical (unpaired) electrons. The average molecular weight is 234 g/mol. The Kier molecular flexibility index (Phi) is 3.37. The van der Waals surface area contributed by atoms with Gasteiger partial charge in [-0.3, -0.25) is 14.9 Å². The third-order valence-electron chi connectivity index (χ3n) is 2.99. The van der Waals surface area contributed by atoms with Gasteiger partial charge in [0.15, 0.2) is 0 Å². The second-order valence-corrected chi connectivity index (χ2v) is 4.15. The van der Waals surface area contributed by atoms with Gasteiger partial charge in [-0.1, -0.05) is 18.2 Å². The Balaban J connectivity index is 2.12. The van der Waals surface area contributed by atoms with Gasteiger partial charge in [-0.15, -0.1) is 0 Å². The molecular formula is C12H14N2O3. The molecule has 5 heteroatoms. The van der Waals surface area contributed by atoms with Crippen LogP contribution in [0.3, 0.4) is 0 Å². The fourth-order valence-electron chi connectivity index (χ4n) is 2.08. The summed E-state index contributed by atoms with van der Waals surface area (Å²) in [6, 6.07) is 6.42. The van der Waals surface area contributed by atoms with Crippen molar-refractivity contribution in [1.29, 1.82) is 0 Å². The minimum atomic E-state index is -0.438. The van der Waals surface area contributed by atoms with Gasteiger partial charge in [-0.25, -0.2) is 0 Å². The van der Waals surface area contributed by atoms with Crippen LogP contribution in [-0.4, -0.2) is 28.8 Å². The second kappa shape index (κ2) is 4.95. The third kappa shape index (κ3) is 2.61. The molecule has 1 aliphatic rings. The van der Waals surface area contributed by atoms with E-state index in [0.717, 1.165) is 25.9 Å². The maximum Gasteiger partial charge on any atom is 0.273 e. The van der Waals surface area contributed by atoms with Crippen LogP contribution in [-0.2, 0) is 11.2 Å². The molecule has 1 aromatic carbocycles. The zero-order chi connectivity index (χ0) is 12.3. The van der Waals surface area contributed by atoms with Crippen molar-refractivity contribution in [3.05, 3.63) is 39.9 Å². The predicted molar refractivity (Wildman–Crippen MR) is 62.6 cm³/mol. The molecule has 1 aliphatic heterocycles. The lowest BCUT2D eigenvalue weighted by molar-refractivity contribution is -0.385. The standard InChI is InChI=1S/C12H14N2O3/c15-12(13-7-3-4-8-13)9-10-5-1-2-6-11(10)14(16)17/h1-2,5-6H,3-4,7-9H2. The molecule has 0 unspecified atom stereocenters. The highest BCUT2D eigenvalue weighted by molar-refractivity contribution is 5.80. The lowest BCUT2D eigenvalue weighted by Gasteiger charge is -2.14. The molecule has 0 spiro atoms. The van der Waals surface area contributed by atoms with Crippen molar-refractivity contribution in [1.82, 2.24) is 4.90 Å². The molecule has 0 aliphatic carbocycles. The van der Waals surface area contributed by atoms with Gasteiger partial charge in [0.2, 0.25) is 5.91 Å². The molecule has 5 nitrogen and oxygen atoms in total. The van der Waals surface area contributed by atoms with Crippen LogP contribution in [0.2, 0.25) is 0 Å². The minimum absolute atomic E-state index is 0.0169. The normalized spacial score (nSPS) is 14.9. The largest absolute Gasteiger partial charge is 0.342 e. The number of hydrogen-bond acceptors (Lipinski definition) is 3. The maximum absolute atomic E-state index is 11.9. The Morgan fingerprint density at radius 3 is 2.59 bits per heavy atom. The molecule has 0 saturated carbocycles. The van der Waals surface area contributed by atoms with Crippen LogP contribution in [0.4, 0.5) is 5.69 Å². The molecular weight excluding hydrogens is 220 g/mol. The first kappa shape index (κ1) is 11.6. The smallest absolute Gasteiger partial charge is 0.273 e. The topological polar surface area (TPSA) is 63.4 Å². The number of carbonyl (C=O) groups excluding carboxylic acids is 1. The van der Waals surface area contributed by atoms with Crippen molar-refractivity contribution in [2.75, 3.05) is 13.1 Å². The zero-order valence-corrected chi connectivity index (χ0v) is 9.46. The summed E-state index contributed by atoms with van der Waals surface area (Å²) in [6.07, 6.45) is 2.18. The average Bonchev–Trinajstić information content (AvgIpc) is 2.83. The van der Waals surface area contributed by atoms with E-state index in [2.05, 4.69) is 0 Å². The van der Waals surface area contributed by atoms with Crippen molar-refractivity contribution in [2.24, 2.45) is 0 Å². The van der Waals surface area contributed by atoms with Gasteiger partial charge in [-0.2, -0.15) is 0 Å². The molecule has 0 atom stereocenters. The molecule has 0 aromatic heterocycles. The molecule has 0 N–H and O–H groups in total. The number of hydrogen-bond donors (Lipinski definition) is 0. The first-order valence-corrected chi connectivity index (χ1v) is 5.68. The Morgan fingerprint density at radius 2 is 1.94 bits per heavy atom. The van der Waals surface area contributed by atoms with E-state index in [9.17, 15) is 14.9 Å². The summed E-state index contributed by atoms with van der Waals surface area (Å²) in [7, 11) is 0. The van der Waals surface area contributed by atoms with Crippen LogP contribution in [0.25, 0.3) is 0 Å². The monoisotopic (exact) mass is 234 g/mol. The summed E-state index contributed by atoms with van der Waals surface area (Å²) in [4.78, 5) is 24.0. The first-order chi connectivity index (χ1) is 8.18. The number of nitro groups is 1. The van der Waals surface area contributed by atoms with Crippen LogP contribution in [0.5, 0.6) is 0 Å². The number of benzene rings is 1. The highest BCUT2D eigenvalue weighted by Crippen LogP contribution is 2.19. The third-order valence-corrected chi connectivity index (χ3v) is 2.99. The molecule has 90 valence electrons. The van der Waals surface area contributed by atoms with Crippen LogP contribution in [0, 0.1) is 10.1 Å². The maximum atomic E-state index is 11.9. The van der Waals surface area contributed by atoms with E-state index in [1.165, 1.54) is 6.07 Å². The SMILES string of the molecule is O=C(Cc1ccccc1[N+](=O)[O-])N1CCCC1. The second-order valence-electron chi connectivity index (χ2n) is 4.15. The Bertz CT molecular complexity index is 439. The molecule has 1 amide bonds. The number of para-hydroxylation sites is 1. The zero-order valence-electron chi connectivity index (χ0n) is 9.46. The number of nitro benzene ring substituents is 1.